The van der Waals surface area contributed by atoms with Crippen molar-refractivity contribution < 1.29 is 17.9 Å². The topological polar surface area (TPSA) is 116 Å². The summed E-state index contributed by atoms with van der Waals surface area (Å²) in [5.41, 5.74) is 6.95. The van der Waals surface area contributed by atoms with E-state index in [1.54, 1.807) is 16.8 Å². The number of hydrogen-bond acceptors (Lipinski definition) is 6. The van der Waals surface area contributed by atoms with Crippen molar-refractivity contribution in [2.24, 2.45) is 0 Å². The summed E-state index contributed by atoms with van der Waals surface area (Å²) in [6.07, 6.45) is 0.966. The van der Waals surface area contributed by atoms with E-state index in [-0.39, 0.29) is 28.3 Å². The monoisotopic (exact) mass is 450 g/mol. The minimum Gasteiger partial charge on any atom is -0.399 e. The first-order chi connectivity index (χ1) is 14.4. The zero-order valence-corrected chi connectivity index (χ0v) is 20.0. The Labute approximate surface area is 185 Å². The summed E-state index contributed by atoms with van der Waals surface area (Å²) in [5.74, 6) is -0.224. The van der Waals surface area contributed by atoms with Crippen LogP contribution in [-0.4, -0.2) is 42.4 Å². The van der Waals surface area contributed by atoms with Gasteiger partial charge in [-0.3, -0.25) is 9.48 Å². The van der Waals surface area contributed by atoms with E-state index in [4.69, 9.17) is 10.5 Å². The number of anilines is 1. The zero-order valence-electron chi connectivity index (χ0n) is 19.2. The zero-order chi connectivity index (χ0) is 23.4. The molecule has 3 N–H and O–H groups in total. The number of amides is 1. The van der Waals surface area contributed by atoms with E-state index in [1.807, 2.05) is 41.5 Å². The minimum absolute atomic E-state index is 0.0371. The molecular formula is C22H34N4O4S. The van der Waals surface area contributed by atoms with Gasteiger partial charge >= 0.3 is 0 Å². The summed E-state index contributed by atoms with van der Waals surface area (Å²) >= 11 is 0. The van der Waals surface area contributed by atoms with E-state index in [1.165, 1.54) is 12.1 Å². The molecule has 1 atom stereocenters. The predicted octanol–water partition coefficient (Wildman–Crippen LogP) is 2.74. The van der Waals surface area contributed by atoms with Crippen molar-refractivity contribution in [1.29, 1.82) is 0 Å². The number of carbonyl (C=O) groups excluding carboxylic acids is 1. The fourth-order valence-electron chi connectivity index (χ4n) is 3.24. The van der Waals surface area contributed by atoms with E-state index in [2.05, 4.69) is 10.4 Å². The van der Waals surface area contributed by atoms with Crippen molar-refractivity contribution >= 4 is 21.4 Å². The number of hydrogen-bond donors (Lipinski definition) is 2. The van der Waals surface area contributed by atoms with E-state index in [0.29, 0.717) is 36.5 Å². The van der Waals surface area contributed by atoms with Crippen LogP contribution in [0.2, 0.25) is 0 Å². The van der Waals surface area contributed by atoms with Crippen LogP contribution < -0.4 is 11.1 Å². The Morgan fingerprint density at radius 2 is 1.81 bits per heavy atom. The van der Waals surface area contributed by atoms with E-state index in [0.717, 1.165) is 0 Å². The van der Waals surface area contributed by atoms with Crippen LogP contribution >= 0.6 is 0 Å². The van der Waals surface area contributed by atoms with Gasteiger partial charge < -0.3 is 15.8 Å². The molecule has 1 aromatic heterocycles. The summed E-state index contributed by atoms with van der Waals surface area (Å²) in [6.45, 7) is 11.6. The lowest BCUT2D eigenvalue weighted by molar-refractivity contribution is -0.131. The molecule has 0 aliphatic carbocycles. The van der Waals surface area contributed by atoms with Crippen LogP contribution in [0.5, 0.6) is 0 Å². The van der Waals surface area contributed by atoms with Crippen molar-refractivity contribution in [3.8, 4) is 0 Å². The molecule has 9 heteroatoms. The maximum absolute atomic E-state index is 13.4. The third-order valence-corrected chi connectivity index (χ3v) is 6.60. The SMILES string of the molecule is CCc1nn(C[C@H](C)NC(=O)COC(C)(C)C)c(CC)c1S(=O)(=O)c1ccc(N)cc1. The van der Waals surface area contributed by atoms with E-state index < -0.39 is 15.4 Å². The molecule has 0 spiro atoms. The summed E-state index contributed by atoms with van der Waals surface area (Å²) in [5, 5.41) is 7.46. The van der Waals surface area contributed by atoms with Crippen LogP contribution in [0.1, 0.15) is 52.9 Å². The fourth-order valence-corrected chi connectivity index (χ4v) is 5.02. The van der Waals surface area contributed by atoms with Gasteiger partial charge in [0.25, 0.3) is 0 Å². The Morgan fingerprint density at radius 3 is 2.32 bits per heavy atom. The van der Waals surface area contributed by atoms with Crippen LogP contribution in [0.15, 0.2) is 34.1 Å². The molecule has 31 heavy (non-hydrogen) atoms. The molecule has 1 amide bonds. The normalized spacial score (nSPS) is 13.2. The molecule has 0 saturated heterocycles. The molecule has 2 rings (SSSR count). The Bertz CT molecular complexity index is 1010. The Morgan fingerprint density at radius 1 is 1.19 bits per heavy atom. The smallest absolute Gasteiger partial charge is 0.246 e. The number of rotatable bonds is 9. The third kappa shape index (κ3) is 6.30. The van der Waals surface area contributed by atoms with Crippen molar-refractivity contribution in [3.05, 3.63) is 35.7 Å². The van der Waals surface area contributed by atoms with Gasteiger partial charge in [-0.2, -0.15) is 5.10 Å². The van der Waals surface area contributed by atoms with Crippen LogP contribution in [0, 0.1) is 0 Å². The molecule has 0 aliphatic rings. The molecule has 0 saturated carbocycles. The molecule has 0 fully saturated rings. The molecule has 0 unspecified atom stereocenters. The van der Waals surface area contributed by atoms with Crippen LogP contribution in [0.25, 0.3) is 0 Å². The van der Waals surface area contributed by atoms with Gasteiger partial charge in [-0.25, -0.2) is 8.42 Å². The summed E-state index contributed by atoms with van der Waals surface area (Å²) < 4.78 is 34.0. The maximum atomic E-state index is 13.4. The third-order valence-electron chi connectivity index (χ3n) is 4.70. The fraction of sp³-hybridized carbons (Fsp3) is 0.545. The van der Waals surface area contributed by atoms with Crippen LogP contribution in [0.3, 0.4) is 0 Å². The highest BCUT2D eigenvalue weighted by Gasteiger charge is 2.29. The highest BCUT2D eigenvalue weighted by Crippen LogP contribution is 2.29. The standard InChI is InChI=1S/C22H34N4O4S/c1-7-18-21(31(28,29)17-11-9-16(23)10-12-17)19(8-2)26(25-18)13-15(3)24-20(27)14-30-22(4,5)6/h9-12,15H,7-8,13-14,23H2,1-6H3,(H,24,27)/t15-/m0/s1. The van der Waals surface area contributed by atoms with E-state index in [9.17, 15) is 13.2 Å². The van der Waals surface area contributed by atoms with E-state index >= 15 is 0 Å². The van der Waals surface area contributed by atoms with Crippen LogP contribution in [-0.2, 0) is 38.8 Å². The second-order valence-electron chi connectivity index (χ2n) is 8.55. The summed E-state index contributed by atoms with van der Waals surface area (Å²) in [4.78, 5) is 12.6. The molecule has 1 heterocycles. The van der Waals surface area contributed by atoms with Crippen molar-refractivity contribution in [1.82, 2.24) is 15.1 Å². The molecule has 1 aromatic carbocycles. The number of benzene rings is 1. The number of aryl methyl sites for hydroxylation is 1. The lowest BCUT2D eigenvalue weighted by Gasteiger charge is -2.21. The second kappa shape index (κ2) is 9.82. The molecule has 8 nitrogen and oxygen atoms in total. The number of carbonyl (C=O) groups is 1. The van der Waals surface area contributed by atoms with Gasteiger partial charge in [0.05, 0.1) is 28.4 Å². The second-order valence-corrected chi connectivity index (χ2v) is 10.4. The Kier molecular flexibility index (Phi) is 7.88. The quantitative estimate of drug-likeness (QED) is 0.568. The minimum atomic E-state index is -3.75. The average molecular weight is 451 g/mol. The Balaban J connectivity index is 2.29. The first-order valence-electron chi connectivity index (χ1n) is 10.5. The van der Waals surface area contributed by atoms with Crippen molar-refractivity contribution in [2.45, 2.75) is 82.4 Å². The number of ether oxygens (including phenoxy) is 1. The largest absolute Gasteiger partial charge is 0.399 e. The van der Waals surface area contributed by atoms with Gasteiger partial charge in [-0.15, -0.1) is 0 Å². The molecule has 2 aromatic rings. The Hall–Kier alpha value is -2.39. The number of nitrogens with one attached hydrogen (secondary N) is 1. The summed E-state index contributed by atoms with van der Waals surface area (Å²) in [7, 11) is -3.75. The van der Waals surface area contributed by atoms with Gasteiger partial charge in [-0.1, -0.05) is 13.8 Å². The van der Waals surface area contributed by atoms with Gasteiger partial charge in [0, 0.05) is 11.7 Å². The first kappa shape index (κ1) is 24.9. The van der Waals surface area contributed by atoms with Crippen molar-refractivity contribution in [3.63, 3.8) is 0 Å². The van der Waals surface area contributed by atoms with Crippen LogP contribution in [0.4, 0.5) is 5.69 Å². The molecule has 0 aliphatic heterocycles. The highest BCUT2D eigenvalue weighted by molar-refractivity contribution is 7.91. The maximum Gasteiger partial charge on any atom is 0.246 e. The van der Waals surface area contributed by atoms with Gasteiger partial charge in [0.15, 0.2) is 0 Å². The number of aromatic nitrogens is 2. The summed E-state index contributed by atoms with van der Waals surface area (Å²) in [6, 6.07) is 5.92. The molecule has 172 valence electrons. The molecular weight excluding hydrogens is 416 g/mol. The predicted molar refractivity (Wildman–Crippen MR) is 121 cm³/mol. The first-order valence-corrected chi connectivity index (χ1v) is 12.0. The van der Waals surface area contributed by atoms with Gasteiger partial charge in [-0.05, 0) is 64.8 Å². The lowest BCUT2D eigenvalue weighted by Crippen LogP contribution is -2.39. The number of nitrogens with zero attached hydrogens (tertiary/aromatic N) is 2. The average Bonchev–Trinajstić information content (AvgIpc) is 3.04. The van der Waals surface area contributed by atoms with Crippen molar-refractivity contribution in [2.75, 3.05) is 12.3 Å². The van der Waals surface area contributed by atoms with Gasteiger partial charge in [0.1, 0.15) is 11.5 Å². The number of nitrogen functional groups attached to an aromatic ring is 1. The number of nitrogens with two attached hydrogens (primary N) is 1. The van der Waals surface area contributed by atoms with Gasteiger partial charge in [0.2, 0.25) is 15.7 Å². The number of sulfone groups is 1. The highest BCUT2D eigenvalue weighted by atomic mass is 32.2. The molecule has 0 bridgehead atoms. The molecule has 0 radical (unpaired) electrons. The lowest BCUT2D eigenvalue weighted by atomic mass is 10.2.